The minimum absolute atomic E-state index is 0.123. The SMILES string of the molecule is N#C/C(=C/NCc1ccccc1Br)C(=O)NC1CCCCC1. The van der Waals surface area contributed by atoms with Crippen LogP contribution in [0.3, 0.4) is 0 Å². The summed E-state index contributed by atoms with van der Waals surface area (Å²) in [6, 6.07) is 10.0. The molecule has 1 aromatic carbocycles. The monoisotopic (exact) mass is 361 g/mol. The van der Waals surface area contributed by atoms with Crippen molar-refractivity contribution in [2.75, 3.05) is 0 Å². The molecule has 0 atom stereocenters. The molecule has 0 radical (unpaired) electrons. The van der Waals surface area contributed by atoms with Crippen LogP contribution in [0.2, 0.25) is 0 Å². The number of hydrogen-bond donors (Lipinski definition) is 2. The molecule has 0 aromatic heterocycles. The lowest BCUT2D eigenvalue weighted by atomic mass is 9.95. The highest BCUT2D eigenvalue weighted by Gasteiger charge is 2.17. The van der Waals surface area contributed by atoms with Crippen LogP contribution in [0.4, 0.5) is 0 Å². The zero-order valence-corrected chi connectivity index (χ0v) is 14.0. The summed E-state index contributed by atoms with van der Waals surface area (Å²) in [6.07, 6.45) is 7.05. The fourth-order valence-corrected chi connectivity index (χ4v) is 2.99. The van der Waals surface area contributed by atoms with Crippen molar-refractivity contribution < 1.29 is 4.79 Å². The smallest absolute Gasteiger partial charge is 0.263 e. The molecule has 1 saturated carbocycles. The molecule has 1 aliphatic rings. The number of halogens is 1. The minimum atomic E-state index is -0.283. The second-order valence-electron chi connectivity index (χ2n) is 5.45. The Labute approximate surface area is 139 Å². The van der Waals surface area contributed by atoms with Gasteiger partial charge in [-0.2, -0.15) is 5.26 Å². The number of hydrogen-bond acceptors (Lipinski definition) is 3. The third kappa shape index (κ3) is 4.88. The first-order chi connectivity index (χ1) is 10.7. The molecule has 0 spiro atoms. The fraction of sp³-hybridized carbons (Fsp3) is 0.412. The molecule has 5 heteroatoms. The van der Waals surface area contributed by atoms with Crippen LogP contribution in [0.1, 0.15) is 37.7 Å². The normalized spacial score (nSPS) is 15.9. The van der Waals surface area contributed by atoms with E-state index in [4.69, 9.17) is 5.26 Å². The molecule has 2 N–H and O–H groups in total. The quantitative estimate of drug-likeness (QED) is 0.623. The highest BCUT2D eigenvalue weighted by atomic mass is 79.9. The Hall–Kier alpha value is -1.80. The predicted molar refractivity (Wildman–Crippen MR) is 89.7 cm³/mol. The Balaban J connectivity index is 1.88. The molecule has 0 aliphatic heterocycles. The lowest BCUT2D eigenvalue weighted by Crippen LogP contribution is -2.37. The van der Waals surface area contributed by atoms with Crippen LogP contribution in [-0.4, -0.2) is 11.9 Å². The van der Waals surface area contributed by atoms with Crippen molar-refractivity contribution in [3.05, 3.63) is 46.1 Å². The number of amides is 1. The molecule has 0 saturated heterocycles. The second kappa shape index (κ2) is 8.60. The van der Waals surface area contributed by atoms with Gasteiger partial charge in [0.2, 0.25) is 0 Å². The highest BCUT2D eigenvalue weighted by molar-refractivity contribution is 9.10. The van der Waals surface area contributed by atoms with Crippen LogP contribution in [0.5, 0.6) is 0 Å². The summed E-state index contributed by atoms with van der Waals surface area (Å²) in [5, 5.41) is 15.1. The van der Waals surface area contributed by atoms with E-state index < -0.39 is 0 Å². The van der Waals surface area contributed by atoms with Crippen molar-refractivity contribution in [2.45, 2.75) is 44.7 Å². The van der Waals surface area contributed by atoms with Crippen molar-refractivity contribution in [2.24, 2.45) is 0 Å². The van der Waals surface area contributed by atoms with E-state index in [9.17, 15) is 4.79 Å². The Morgan fingerprint density at radius 1 is 1.32 bits per heavy atom. The Morgan fingerprint density at radius 3 is 2.73 bits per heavy atom. The summed E-state index contributed by atoms with van der Waals surface area (Å²) in [4.78, 5) is 12.1. The summed E-state index contributed by atoms with van der Waals surface area (Å²) in [7, 11) is 0. The van der Waals surface area contributed by atoms with Crippen LogP contribution in [0.25, 0.3) is 0 Å². The van der Waals surface area contributed by atoms with Gasteiger partial charge in [0.15, 0.2) is 0 Å². The average Bonchev–Trinajstić information content (AvgIpc) is 2.54. The summed E-state index contributed by atoms with van der Waals surface area (Å²) in [5.74, 6) is -0.283. The molecule has 0 heterocycles. The van der Waals surface area contributed by atoms with E-state index in [2.05, 4.69) is 26.6 Å². The summed E-state index contributed by atoms with van der Waals surface area (Å²) in [5.41, 5.74) is 1.20. The van der Waals surface area contributed by atoms with Gasteiger partial charge < -0.3 is 10.6 Å². The molecule has 1 aromatic rings. The lowest BCUT2D eigenvalue weighted by molar-refractivity contribution is -0.118. The number of nitriles is 1. The molecule has 4 nitrogen and oxygen atoms in total. The predicted octanol–water partition coefficient (Wildman–Crippen LogP) is 3.40. The summed E-state index contributed by atoms with van der Waals surface area (Å²) in [6.45, 7) is 0.559. The minimum Gasteiger partial charge on any atom is -0.386 e. The van der Waals surface area contributed by atoms with Gasteiger partial charge in [-0.15, -0.1) is 0 Å². The van der Waals surface area contributed by atoms with Crippen molar-refractivity contribution in [3.8, 4) is 6.07 Å². The molecule has 1 fully saturated rings. The van der Waals surface area contributed by atoms with Gasteiger partial charge >= 0.3 is 0 Å². The number of nitrogens with one attached hydrogen (secondary N) is 2. The summed E-state index contributed by atoms with van der Waals surface area (Å²) >= 11 is 3.47. The van der Waals surface area contributed by atoms with Crippen molar-refractivity contribution in [3.63, 3.8) is 0 Å². The Bertz CT molecular complexity index is 586. The van der Waals surface area contributed by atoms with Crippen LogP contribution in [-0.2, 0) is 11.3 Å². The number of carbonyl (C=O) groups is 1. The van der Waals surface area contributed by atoms with E-state index >= 15 is 0 Å². The number of benzene rings is 1. The molecule has 1 aliphatic carbocycles. The zero-order valence-electron chi connectivity index (χ0n) is 12.4. The van der Waals surface area contributed by atoms with E-state index in [0.717, 1.165) is 35.7 Å². The highest BCUT2D eigenvalue weighted by Crippen LogP contribution is 2.18. The number of nitrogens with zero attached hydrogens (tertiary/aromatic N) is 1. The standard InChI is InChI=1S/C17H20BrN3O/c18-16-9-5-4-6-13(16)11-20-12-14(10-19)17(22)21-15-7-2-1-3-8-15/h4-6,9,12,15,20H,1-3,7-8,11H2,(H,21,22)/b14-12-. The van der Waals surface area contributed by atoms with Crippen LogP contribution < -0.4 is 10.6 Å². The van der Waals surface area contributed by atoms with Crippen molar-refractivity contribution in [1.29, 1.82) is 5.26 Å². The first-order valence-electron chi connectivity index (χ1n) is 7.58. The molecule has 116 valence electrons. The maximum atomic E-state index is 12.1. The van der Waals surface area contributed by atoms with E-state index in [1.54, 1.807) is 0 Å². The van der Waals surface area contributed by atoms with E-state index in [-0.39, 0.29) is 17.5 Å². The van der Waals surface area contributed by atoms with Gasteiger partial charge in [0.1, 0.15) is 11.6 Å². The van der Waals surface area contributed by atoms with Gasteiger partial charge in [0.25, 0.3) is 5.91 Å². The maximum absolute atomic E-state index is 12.1. The van der Waals surface area contributed by atoms with E-state index in [0.29, 0.717) is 6.54 Å². The topological polar surface area (TPSA) is 64.9 Å². The number of carbonyl (C=O) groups excluding carboxylic acids is 1. The third-order valence-corrected chi connectivity index (χ3v) is 4.58. The van der Waals surface area contributed by atoms with Gasteiger partial charge in [-0.3, -0.25) is 4.79 Å². The Morgan fingerprint density at radius 2 is 2.05 bits per heavy atom. The molecule has 0 unspecified atom stereocenters. The van der Waals surface area contributed by atoms with Crippen LogP contribution in [0.15, 0.2) is 40.5 Å². The third-order valence-electron chi connectivity index (χ3n) is 3.80. The molecular weight excluding hydrogens is 342 g/mol. The van der Waals surface area contributed by atoms with Crippen molar-refractivity contribution >= 4 is 21.8 Å². The van der Waals surface area contributed by atoms with Gasteiger partial charge in [-0.25, -0.2) is 0 Å². The average molecular weight is 362 g/mol. The fourth-order valence-electron chi connectivity index (χ4n) is 2.56. The molecule has 2 rings (SSSR count). The number of rotatable bonds is 5. The van der Waals surface area contributed by atoms with E-state index in [1.807, 2.05) is 30.3 Å². The first kappa shape index (κ1) is 16.6. The molecule has 1 amide bonds. The first-order valence-corrected chi connectivity index (χ1v) is 8.38. The zero-order chi connectivity index (χ0) is 15.8. The van der Waals surface area contributed by atoms with Crippen LogP contribution in [0, 0.1) is 11.3 Å². The van der Waals surface area contributed by atoms with Gasteiger partial charge in [0, 0.05) is 23.3 Å². The van der Waals surface area contributed by atoms with Gasteiger partial charge in [-0.05, 0) is 24.5 Å². The largest absolute Gasteiger partial charge is 0.386 e. The van der Waals surface area contributed by atoms with Crippen LogP contribution >= 0.6 is 15.9 Å². The molecular formula is C17H20BrN3O. The Kier molecular flexibility index (Phi) is 6.47. The maximum Gasteiger partial charge on any atom is 0.263 e. The second-order valence-corrected chi connectivity index (χ2v) is 6.30. The van der Waals surface area contributed by atoms with E-state index in [1.165, 1.54) is 12.6 Å². The van der Waals surface area contributed by atoms with Crippen molar-refractivity contribution in [1.82, 2.24) is 10.6 Å². The van der Waals surface area contributed by atoms with Gasteiger partial charge in [-0.1, -0.05) is 53.4 Å². The molecule has 0 bridgehead atoms. The van der Waals surface area contributed by atoms with Gasteiger partial charge in [0.05, 0.1) is 0 Å². The summed E-state index contributed by atoms with van der Waals surface area (Å²) < 4.78 is 1.00. The molecule has 22 heavy (non-hydrogen) atoms. The lowest BCUT2D eigenvalue weighted by Gasteiger charge is -2.22.